The summed E-state index contributed by atoms with van der Waals surface area (Å²) in [5, 5.41) is 26.4. The van der Waals surface area contributed by atoms with Gasteiger partial charge >= 0.3 is 17.9 Å². The average Bonchev–Trinajstić information content (AvgIpc) is 3.10. The van der Waals surface area contributed by atoms with Gasteiger partial charge in [0.25, 0.3) is 0 Å². The van der Waals surface area contributed by atoms with E-state index in [0.29, 0.717) is 63.1 Å². The lowest BCUT2D eigenvalue weighted by Gasteiger charge is -2.36. The number of rotatable bonds is 6. The van der Waals surface area contributed by atoms with Crippen molar-refractivity contribution in [3.8, 4) is 0 Å². The molecule has 2 unspecified atom stereocenters. The molecule has 6 rings (SSSR count). The summed E-state index contributed by atoms with van der Waals surface area (Å²) >= 11 is 0. The molecule has 0 amide bonds. The van der Waals surface area contributed by atoms with Gasteiger partial charge in [-0.15, -0.1) is 24.8 Å². The first-order valence-electron chi connectivity index (χ1n) is 15.6. The Hall–Kier alpha value is -4.58. The number of alkyl halides is 2. The quantitative estimate of drug-likeness (QED) is 0.327. The van der Waals surface area contributed by atoms with Gasteiger partial charge in [0.15, 0.2) is 5.82 Å². The van der Waals surface area contributed by atoms with Crippen molar-refractivity contribution in [1.29, 1.82) is 0 Å². The first kappa shape index (κ1) is 42.6. The number of aliphatic carboxylic acids is 3. The molecule has 20 heteroatoms. The molecule has 15 nitrogen and oxygen atoms in total. The predicted octanol–water partition coefficient (Wildman–Crippen LogP) is 3.89. The van der Waals surface area contributed by atoms with Gasteiger partial charge in [-0.3, -0.25) is 9.78 Å². The van der Waals surface area contributed by atoms with Gasteiger partial charge in [0.05, 0.1) is 24.5 Å². The number of carboxylic acids is 3. The van der Waals surface area contributed by atoms with Crippen molar-refractivity contribution < 1.29 is 42.9 Å². The predicted molar refractivity (Wildman–Crippen MR) is 184 cm³/mol. The van der Waals surface area contributed by atoms with E-state index in [1.807, 2.05) is 21.6 Å². The molecule has 0 aliphatic carbocycles. The standard InChI is InChI=1S/C11H14FN3O2.2C10H12FN3O2.2ClH/c1-7-4-8(10(16)17)2-3-15(7)11-13-5-9(12)6-14-11;11-10(9(15)16)1-5-14(6-2-10)8-7-12-3-4-13-8;11-10(9(15)16)2-5-14(6-3-10)8-1-4-12-7-13-8;;/h5-8H,2-4H2,1H3,(H,16,17);3-4,7H,1-2,5-6H2,(H,15,16);1,4,7H,2-3,5-6H2,(H,15,16);2*1H. The molecule has 51 heavy (non-hydrogen) atoms. The Morgan fingerprint density at radius 3 is 1.73 bits per heavy atom. The Morgan fingerprint density at radius 2 is 1.29 bits per heavy atom. The molecule has 6 heterocycles. The summed E-state index contributed by atoms with van der Waals surface area (Å²) in [6, 6.07) is 1.78. The number of anilines is 3. The first-order valence-corrected chi connectivity index (χ1v) is 15.6. The van der Waals surface area contributed by atoms with E-state index in [0.717, 1.165) is 12.4 Å². The van der Waals surface area contributed by atoms with E-state index < -0.39 is 35.1 Å². The van der Waals surface area contributed by atoms with Crippen LogP contribution in [0.1, 0.15) is 45.4 Å². The van der Waals surface area contributed by atoms with Gasteiger partial charge in [0.1, 0.15) is 18.0 Å². The molecule has 3 aliphatic heterocycles. The molecule has 3 N–H and O–H groups in total. The molecular formula is C31H40Cl2F3N9O6. The molecule has 0 bridgehead atoms. The van der Waals surface area contributed by atoms with Crippen LogP contribution in [0.2, 0.25) is 0 Å². The van der Waals surface area contributed by atoms with Crippen molar-refractivity contribution in [1.82, 2.24) is 29.9 Å². The lowest BCUT2D eigenvalue weighted by atomic mass is 9.92. The fraction of sp³-hybridized carbons (Fsp3) is 0.516. The number of halogens is 5. The fourth-order valence-corrected chi connectivity index (χ4v) is 5.68. The van der Waals surface area contributed by atoms with Crippen LogP contribution in [0.3, 0.4) is 0 Å². The van der Waals surface area contributed by atoms with Gasteiger partial charge in [-0.25, -0.2) is 47.7 Å². The van der Waals surface area contributed by atoms with Crippen LogP contribution in [-0.4, -0.2) is 113 Å². The smallest absolute Gasteiger partial charge is 0.341 e. The minimum Gasteiger partial charge on any atom is -0.481 e. The summed E-state index contributed by atoms with van der Waals surface area (Å²) in [4.78, 5) is 61.6. The molecule has 3 saturated heterocycles. The zero-order valence-electron chi connectivity index (χ0n) is 27.6. The zero-order chi connectivity index (χ0) is 35.6. The Labute approximate surface area is 304 Å². The van der Waals surface area contributed by atoms with Gasteiger partial charge in [0.2, 0.25) is 17.3 Å². The first-order chi connectivity index (χ1) is 23.3. The van der Waals surface area contributed by atoms with Gasteiger partial charge in [-0.1, -0.05) is 0 Å². The van der Waals surface area contributed by atoms with E-state index >= 15 is 0 Å². The SMILES string of the molecule is CC1CC(C(=O)O)CCN1c1ncc(F)cn1.Cl.Cl.O=C(O)C1(F)CCN(c2ccncn2)CC1.O=C(O)C1(F)CCN(c2cnccn2)CC1. The van der Waals surface area contributed by atoms with E-state index in [4.69, 9.17) is 15.3 Å². The second-order valence-corrected chi connectivity index (χ2v) is 11.9. The largest absolute Gasteiger partial charge is 0.481 e. The summed E-state index contributed by atoms with van der Waals surface area (Å²) in [5.41, 5.74) is -4.16. The highest BCUT2D eigenvalue weighted by atomic mass is 35.5. The van der Waals surface area contributed by atoms with Gasteiger partial charge in [-0.2, -0.15) is 0 Å². The number of carboxylic acid groups (broad SMARTS) is 3. The summed E-state index contributed by atoms with van der Waals surface area (Å²) in [6.45, 7) is 3.94. The number of nitrogens with zero attached hydrogens (tertiary/aromatic N) is 9. The summed E-state index contributed by atoms with van der Waals surface area (Å²) < 4.78 is 40.1. The molecule has 0 spiro atoms. The van der Waals surface area contributed by atoms with Gasteiger partial charge < -0.3 is 30.0 Å². The lowest BCUT2D eigenvalue weighted by molar-refractivity contribution is -0.153. The maximum atomic E-state index is 13.7. The van der Waals surface area contributed by atoms with Crippen LogP contribution in [-0.2, 0) is 14.4 Å². The highest BCUT2D eigenvalue weighted by molar-refractivity contribution is 5.85. The molecule has 0 aromatic carbocycles. The Morgan fingerprint density at radius 1 is 0.745 bits per heavy atom. The Bertz CT molecular complexity index is 1470. The molecule has 0 radical (unpaired) electrons. The molecule has 0 saturated carbocycles. The van der Waals surface area contributed by atoms with E-state index in [-0.39, 0.29) is 62.5 Å². The summed E-state index contributed by atoms with van der Waals surface area (Å²) in [6.07, 6.45) is 11.1. The van der Waals surface area contributed by atoms with Crippen molar-refractivity contribution >= 4 is 60.3 Å². The number of aromatic nitrogens is 6. The van der Waals surface area contributed by atoms with Crippen molar-refractivity contribution in [3.05, 3.63) is 55.4 Å². The third kappa shape index (κ3) is 11.5. The van der Waals surface area contributed by atoms with Crippen molar-refractivity contribution in [2.45, 2.75) is 62.8 Å². The van der Waals surface area contributed by atoms with E-state index in [1.165, 1.54) is 6.33 Å². The second-order valence-electron chi connectivity index (χ2n) is 11.9. The van der Waals surface area contributed by atoms with Crippen molar-refractivity contribution in [2.24, 2.45) is 5.92 Å². The van der Waals surface area contributed by atoms with Crippen LogP contribution in [0.15, 0.2) is 49.6 Å². The fourth-order valence-electron chi connectivity index (χ4n) is 5.68. The number of carbonyl (C=O) groups is 3. The number of hydrogen-bond acceptors (Lipinski definition) is 12. The third-order valence-corrected chi connectivity index (χ3v) is 8.73. The monoisotopic (exact) mass is 761 g/mol. The van der Waals surface area contributed by atoms with Crippen molar-refractivity contribution in [3.63, 3.8) is 0 Å². The third-order valence-electron chi connectivity index (χ3n) is 8.73. The van der Waals surface area contributed by atoms with Crippen molar-refractivity contribution in [2.75, 3.05) is 47.4 Å². The molecule has 3 fully saturated rings. The summed E-state index contributed by atoms with van der Waals surface area (Å²) in [5.74, 6) is -2.43. The number of piperidine rings is 3. The van der Waals surface area contributed by atoms with Crippen LogP contribution >= 0.6 is 24.8 Å². The van der Waals surface area contributed by atoms with Crippen LogP contribution in [0.25, 0.3) is 0 Å². The van der Waals surface area contributed by atoms with Crippen LogP contribution in [0.5, 0.6) is 0 Å². The molecular weight excluding hydrogens is 722 g/mol. The van der Waals surface area contributed by atoms with Crippen LogP contribution in [0, 0.1) is 11.7 Å². The minimum absolute atomic E-state index is 0. The molecule has 3 aliphatic rings. The second kappa shape index (κ2) is 19.1. The molecule has 3 aromatic rings. The minimum atomic E-state index is -2.08. The molecule has 2 atom stereocenters. The van der Waals surface area contributed by atoms with E-state index in [2.05, 4.69) is 29.9 Å². The highest BCUT2D eigenvalue weighted by Gasteiger charge is 2.43. The van der Waals surface area contributed by atoms with Gasteiger partial charge in [-0.05, 0) is 25.8 Å². The van der Waals surface area contributed by atoms with Crippen LogP contribution < -0.4 is 14.7 Å². The van der Waals surface area contributed by atoms with E-state index in [9.17, 15) is 27.6 Å². The van der Waals surface area contributed by atoms with Crippen LogP contribution in [0.4, 0.5) is 30.8 Å². The zero-order valence-corrected chi connectivity index (χ0v) is 29.2. The average molecular weight is 763 g/mol. The summed E-state index contributed by atoms with van der Waals surface area (Å²) in [7, 11) is 0. The molecule has 3 aromatic heterocycles. The maximum absolute atomic E-state index is 13.7. The Balaban J connectivity index is 0.000000260. The maximum Gasteiger partial charge on any atom is 0.341 e. The number of hydrogen-bond donors (Lipinski definition) is 3. The topological polar surface area (TPSA) is 199 Å². The molecule has 280 valence electrons. The normalized spacial score (nSPS) is 20.4. The lowest BCUT2D eigenvalue weighted by Crippen LogP contribution is -2.46. The van der Waals surface area contributed by atoms with Gasteiger partial charge in [0, 0.05) is 83.0 Å². The Kier molecular flexibility index (Phi) is 16.0. The van der Waals surface area contributed by atoms with E-state index in [1.54, 1.807) is 30.9 Å². The highest BCUT2D eigenvalue weighted by Crippen LogP contribution is 2.30.